The topological polar surface area (TPSA) is 24.9 Å². The van der Waals surface area contributed by atoms with Gasteiger partial charge in [-0.25, -0.2) is 0 Å². The molecule has 2 heterocycles. The van der Waals surface area contributed by atoms with Crippen LogP contribution in [-0.4, -0.2) is 11.5 Å². The largest absolute Gasteiger partial charge is 0.388 e. The van der Waals surface area contributed by atoms with E-state index in [-0.39, 0.29) is 0 Å². The van der Waals surface area contributed by atoms with E-state index in [1.807, 2.05) is 18.2 Å². The normalized spacial score (nSPS) is 18.7. The van der Waals surface area contributed by atoms with Gasteiger partial charge in [0.15, 0.2) is 0 Å². The van der Waals surface area contributed by atoms with Gasteiger partial charge in [0, 0.05) is 35.8 Å². The number of hydrogen-bond donors (Lipinski definition) is 2. The third kappa shape index (κ3) is 3.42. The molecule has 0 unspecified atom stereocenters. The number of hydrogen-bond acceptors (Lipinski definition) is 3. The van der Waals surface area contributed by atoms with Crippen molar-refractivity contribution >= 4 is 12.6 Å². The van der Waals surface area contributed by atoms with Gasteiger partial charge >= 0.3 is 0 Å². The highest BCUT2D eigenvalue weighted by Gasteiger charge is 2.13. The fourth-order valence-electron chi connectivity index (χ4n) is 0.942. The van der Waals surface area contributed by atoms with Crippen LogP contribution < -0.4 is 5.32 Å². The van der Waals surface area contributed by atoms with Crippen molar-refractivity contribution in [1.82, 2.24) is 10.3 Å². The molecule has 2 nitrogen and oxygen atoms in total. The van der Waals surface area contributed by atoms with Crippen LogP contribution in [-0.2, 0) is 5.75 Å². The lowest BCUT2D eigenvalue weighted by molar-refractivity contribution is 0.476. The van der Waals surface area contributed by atoms with Crippen LogP contribution in [0, 0.1) is 5.92 Å². The molecule has 1 saturated heterocycles. The molecule has 0 radical (unpaired) electrons. The summed E-state index contributed by atoms with van der Waals surface area (Å²) in [7, 11) is 0. The van der Waals surface area contributed by atoms with E-state index in [1.165, 1.54) is 5.70 Å². The van der Waals surface area contributed by atoms with Crippen molar-refractivity contribution in [2.24, 2.45) is 5.92 Å². The van der Waals surface area contributed by atoms with Crippen LogP contribution in [0.4, 0.5) is 0 Å². The van der Waals surface area contributed by atoms with E-state index in [4.69, 9.17) is 0 Å². The molecule has 1 aliphatic heterocycles. The summed E-state index contributed by atoms with van der Waals surface area (Å²) in [6, 6.07) is 5.80. The minimum absolute atomic E-state index is 0.723. The lowest BCUT2D eigenvalue weighted by Gasteiger charge is -2.26. The van der Waals surface area contributed by atoms with E-state index in [9.17, 15) is 0 Å². The Morgan fingerprint density at radius 3 is 2.57 bits per heavy atom. The molecule has 1 aromatic rings. The van der Waals surface area contributed by atoms with Crippen molar-refractivity contribution in [2.75, 3.05) is 6.54 Å². The van der Waals surface area contributed by atoms with Gasteiger partial charge in [-0.1, -0.05) is 19.6 Å². The average molecular weight is 208 g/mol. The lowest BCUT2D eigenvalue weighted by atomic mass is 10.0. The number of thiol groups is 1. The summed E-state index contributed by atoms with van der Waals surface area (Å²) in [6.07, 6.45) is 1.77. The number of pyridine rings is 1. The molecule has 14 heavy (non-hydrogen) atoms. The van der Waals surface area contributed by atoms with E-state index in [0.29, 0.717) is 0 Å². The summed E-state index contributed by atoms with van der Waals surface area (Å²) in [5.41, 5.74) is 2.21. The summed E-state index contributed by atoms with van der Waals surface area (Å²) < 4.78 is 0. The Morgan fingerprint density at radius 1 is 1.64 bits per heavy atom. The molecule has 0 saturated carbocycles. The number of aromatic nitrogens is 1. The highest BCUT2D eigenvalue weighted by molar-refractivity contribution is 7.79. The zero-order valence-electron chi connectivity index (χ0n) is 8.40. The molecule has 1 atom stereocenters. The van der Waals surface area contributed by atoms with Gasteiger partial charge in [-0.15, -0.1) is 0 Å². The molecule has 0 bridgehead atoms. The third-order valence-corrected chi connectivity index (χ3v) is 2.44. The molecular weight excluding hydrogens is 192 g/mol. The van der Waals surface area contributed by atoms with Crippen molar-refractivity contribution < 1.29 is 0 Å². The summed E-state index contributed by atoms with van der Waals surface area (Å²) >= 11 is 4.05. The zero-order valence-corrected chi connectivity index (χ0v) is 9.30. The molecule has 3 heteroatoms. The highest BCUT2D eigenvalue weighted by atomic mass is 32.1. The minimum Gasteiger partial charge on any atom is -0.388 e. The molecule has 76 valence electrons. The maximum absolute atomic E-state index is 4.05. The van der Waals surface area contributed by atoms with Gasteiger partial charge in [0.25, 0.3) is 0 Å². The zero-order chi connectivity index (χ0) is 10.4. The van der Waals surface area contributed by atoms with Crippen LogP contribution in [0.5, 0.6) is 0 Å². The second kappa shape index (κ2) is 5.70. The molecule has 2 rings (SSSR count). The van der Waals surface area contributed by atoms with Crippen LogP contribution in [0.2, 0.25) is 0 Å². The van der Waals surface area contributed by atoms with E-state index in [2.05, 4.69) is 36.4 Å². The van der Waals surface area contributed by atoms with E-state index < -0.39 is 0 Å². The molecule has 0 aliphatic carbocycles. The highest BCUT2D eigenvalue weighted by Crippen LogP contribution is 2.11. The van der Waals surface area contributed by atoms with E-state index in [0.717, 1.165) is 23.9 Å². The van der Waals surface area contributed by atoms with Crippen molar-refractivity contribution in [2.45, 2.75) is 12.7 Å². The quantitative estimate of drug-likeness (QED) is 0.692. The van der Waals surface area contributed by atoms with Gasteiger partial charge in [0.05, 0.1) is 0 Å². The van der Waals surface area contributed by atoms with Crippen molar-refractivity contribution in [3.8, 4) is 0 Å². The van der Waals surface area contributed by atoms with Crippen molar-refractivity contribution in [3.63, 3.8) is 0 Å². The van der Waals surface area contributed by atoms with E-state index in [1.54, 1.807) is 6.20 Å². The first kappa shape index (κ1) is 11.1. The monoisotopic (exact) mass is 208 g/mol. The van der Waals surface area contributed by atoms with Crippen molar-refractivity contribution in [3.05, 3.63) is 42.4 Å². The van der Waals surface area contributed by atoms with Crippen LogP contribution in [0.15, 0.2) is 36.7 Å². The predicted octanol–water partition coefficient (Wildman–Crippen LogP) is 2.25. The van der Waals surface area contributed by atoms with Gasteiger partial charge in [0.1, 0.15) is 0 Å². The molecule has 1 aromatic heterocycles. The Kier molecular flexibility index (Phi) is 4.53. The fraction of sp³-hybridized carbons (Fsp3) is 0.364. The van der Waals surface area contributed by atoms with Gasteiger partial charge in [-0.3, -0.25) is 4.98 Å². The molecule has 0 amide bonds. The molecule has 0 aromatic carbocycles. The molecular formula is C11H16N2S. The maximum Gasteiger partial charge on any atom is 0.0499 e. The Morgan fingerprint density at radius 2 is 2.36 bits per heavy atom. The first-order chi connectivity index (χ1) is 6.74. The van der Waals surface area contributed by atoms with Crippen LogP contribution >= 0.6 is 12.6 Å². The van der Waals surface area contributed by atoms with Crippen LogP contribution in [0.1, 0.15) is 12.6 Å². The number of rotatable bonds is 1. The Hall–Kier alpha value is -0.960. The van der Waals surface area contributed by atoms with Gasteiger partial charge < -0.3 is 5.32 Å². The smallest absolute Gasteiger partial charge is 0.0499 e. The van der Waals surface area contributed by atoms with E-state index >= 15 is 0 Å². The molecule has 1 fully saturated rings. The Balaban J connectivity index is 0.000000146. The standard InChI is InChI=1S/C6H7NS.C5H9N/c8-5-6-3-1-2-4-7-6;1-4-3-6-5(4)2/h1-4,8H,5H2;4,6H,2-3H2,1H3/t;4-/m.0/s1. The molecule has 0 spiro atoms. The molecule has 1 N–H and O–H groups in total. The van der Waals surface area contributed by atoms with Gasteiger partial charge in [-0.05, 0) is 12.1 Å². The summed E-state index contributed by atoms with van der Waals surface area (Å²) in [5.74, 6) is 1.45. The first-order valence-electron chi connectivity index (χ1n) is 4.67. The fourth-order valence-corrected chi connectivity index (χ4v) is 1.13. The molecule has 1 aliphatic rings. The summed E-state index contributed by atoms with van der Waals surface area (Å²) in [6.45, 7) is 7.02. The third-order valence-electron chi connectivity index (χ3n) is 2.12. The Labute approximate surface area is 90.9 Å². The predicted molar refractivity (Wildman–Crippen MR) is 63.2 cm³/mol. The maximum atomic E-state index is 4.05. The van der Waals surface area contributed by atoms with Gasteiger partial charge in [0.2, 0.25) is 0 Å². The first-order valence-corrected chi connectivity index (χ1v) is 5.30. The second-order valence-corrected chi connectivity index (χ2v) is 3.60. The Bertz CT molecular complexity index is 285. The van der Waals surface area contributed by atoms with Gasteiger partial charge in [-0.2, -0.15) is 12.6 Å². The summed E-state index contributed by atoms with van der Waals surface area (Å²) in [5, 5.41) is 3.06. The SMILES string of the molecule is C=C1NC[C@@H]1C.SCc1ccccn1. The number of nitrogens with one attached hydrogen (secondary N) is 1. The van der Waals surface area contributed by atoms with Crippen LogP contribution in [0.3, 0.4) is 0 Å². The average Bonchev–Trinajstić information content (AvgIpc) is 2.28. The lowest BCUT2D eigenvalue weighted by Crippen LogP contribution is -2.36. The minimum atomic E-state index is 0.723. The second-order valence-electron chi connectivity index (χ2n) is 3.29. The van der Waals surface area contributed by atoms with Crippen molar-refractivity contribution in [1.29, 1.82) is 0 Å². The summed E-state index contributed by atoms with van der Waals surface area (Å²) in [4.78, 5) is 4.02. The van der Waals surface area contributed by atoms with Crippen LogP contribution in [0.25, 0.3) is 0 Å². The number of nitrogens with zero attached hydrogens (tertiary/aromatic N) is 1.